The quantitative estimate of drug-likeness (QED) is 0.783. The Hall–Kier alpha value is -3.35. The second kappa shape index (κ2) is 9.85. The molecule has 0 bridgehead atoms. The fraction of sp³-hybridized carbons (Fsp3) is 0.400. The lowest BCUT2D eigenvalue weighted by Crippen LogP contribution is -2.53. The first-order chi connectivity index (χ1) is 15.5. The summed E-state index contributed by atoms with van der Waals surface area (Å²) < 4.78 is 5.99. The molecule has 3 amide bonds. The number of amides is 3. The number of carbonyl (C=O) groups is 3. The van der Waals surface area contributed by atoms with Gasteiger partial charge in [-0.2, -0.15) is 0 Å². The first-order valence-electron chi connectivity index (χ1n) is 11.2. The summed E-state index contributed by atoms with van der Waals surface area (Å²) in [5, 5.41) is 2.83. The van der Waals surface area contributed by atoms with Crippen molar-refractivity contribution in [1.82, 2.24) is 10.2 Å². The standard InChI is InChI=1S/C25H29N3O4/c1-18-9-3-4-10-19(18)24(30)26-14-13-23(29)28-17-22(25(31)27-15-7-2-8-16-27)32-21-12-6-5-11-20(21)28/h3-6,9-12,22H,2,7-8,13-17H2,1H3,(H,26,30). The number of likely N-dealkylation sites (tertiary alicyclic amines) is 1. The van der Waals surface area contributed by atoms with Crippen LogP contribution in [0.25, 0.3) is 0 Å². The maximum Gasteiger partial charge on any atom is 0.265 e. The summed E-state index contributed by atoms with van der Waals surface area (Å²) in [6.45, 7) is 3.75. The van der Waals surface area contributed by atoms with Crippen molar-refractivity contribution in [2.45, 2.75) is 38.7 Å². The van der Waals surface area contributed by atoms with Gasteiger partial charge < -0.3 is 19.9 Å². The van der Waals surface area contributed by atoms with Gasteiger partial charge in [0.15, 0.2) is 6.10 Å². The summed E-state index contributed by atoms with van der Waals surface area (Å²) in [5.41, 5.74) is 2.15. The number of benzene rings is 2. The van der Waals surface area contributed by atoms with Crippen LogP contribution in [0.2, 0.25) is 0 Å². The number of nitrogens with zero attached hydrogens (tertiary/aromatic N) is 2. The van der Waals surface area contributed by atoms with Gasteiger partial charge in [0.2, 0.25) is 5.91 Å². The molecule has 0 aromatic heterocycles. The number of carbonyl (C=O) groups excluding carboxylic acids is 3. The molecule has 0 radical (unpaired) electrons. The minimum Gasteiger partial charge on any atom is -0.476 e. The van der Waals surface area contributed by atoms with E-state index in [0.29, 0.717) is 17.0 Å². The van der Waals surface area contributed by atoms with Crippen molar-refractivity contribution >= 4 is 23.4 Å². The van der Waals surface area contributed by atoms with E-state index < -0.39 is 6.10 Å². The molecule has 7 nitrogen and oxygen atoms in total. The Labute approximate surface area is 188 Å². The highest BCUT2D eigenvalue weighted by atomic mass is 16.5. The molecule has 2 heterocycles. The third-order valence-corrected chi connectivity index (χ3v) is 6.03. The molecule has 32 heavy (non-hydrogen) atoms. The Morgan fingerprint density at radius 3 is 2.50 bits per heavy atom. The number of piperidine rings is 1. The first kappa shape index (κ1) is 21.9. The van der Waals surface area contributed by atoms with E-state index in [9.17, 15) is 14.4 Å². The van der Waals surface area contributed by atoms with E-state index in [1.165, 1.54) is 0 Å². The normalized spacial score (nSPS) is 17.8. The molecule has 0 saturated carbocycles. The molecule has 1 atom stereocenters. The average molecular weight is 436 g/mol. The summed E-state index contributed by atoms with van der Waals surface area (Å²) in [6.07, 6.45) is 2.55. The van der Waals surface area contributed by atoms with E-state index in [1.54, 1.807) is 17.0 Å². The van der Waals surface area contributed by atoms with Crippen LogP contribution >= 0.6 is 0 Å². The number of aryl methyl sites for hydroxylation is 1. The van der Waals surface area contributed by atoms with Gasteiger partial charge in [-0.3, -0.25) is 14.4 Å². The number of para-hydroxylation sites is 2. The topological polar surface area (TPSA) is 79.0 Å². The monoisotopic (exact) mass is 435 g/mol. The van der Waals surface area contributed by atoms with E-state index in [0.717, 1.165) is 37.9 Å². The van der Waals surface area contributed by atoms with Gasteiger partial charge in [0.25, 0.3) is 11.8 Å². The third kappa shape index (κ3) is 4.77. The van der Waals surface area contributed by atoms with Crippen LogP contribution in [-0.2, 0) is 9.59 Å². The number of hydrogen-bond donors (Lipinski definition) is 1. The van der Waals surface area contributed by atoms with Crippen molar-refractivity contribution in [2.24, 2.45) is 0 Å². The van der Waals surface area contributed by atoms with Crippen molar-refractivity contribution in [3.05, 3.63) is 59.7 Å². The molecule has 168 valence electrons. The SMILES string of the molecule is Cc1ccccc1C(=O)NCCC(=O)N1CC(C(=O)N2CCCCC2)Oc2ccccc21. The minimum absolute atomic E-state index is 0.0649. The average Bonchev–Trinajstić information content (AvgIpc) is 2.83. The smallest absolute Gasteiger partial charge is 0.265 e. The molecule has 2 aliphatic rings. The Balaban J connectivity index is 1.41. The predicted molar refractivity (Wildman–Crippen MR) is 122 cm³/mol. The summed E-state index contributed by atoms with van der Waals surface area (Å²) in [6, 6.07) is 14.6. The summed E-state index contributed by atoms with van der Waals surface area (Å²) in [4.78, 5) is 42.0. The molecule has 2 aliphatic heterocycles. The number of nitrogens with one attached hydrogen (secondary N) is 1. The Bertz CT molecular complexity index is 1000. The molecule has 2 aromatic rings. The van der Waals surface area contributed by atoms with Crippen LogP contribution in [0.4, 0.5) is 5.69 Å². The van der Waals surface area contributed by atoms with Crippen LogP contribution in [0.5, 0.6) is 5.75 Å². The maximum absolute atomic E-state index is 13.1. The molecule has 7 heteroatoms. The second-order valence-electron chi connectivity index (χ2n) is 8.29. The van der Waals surface area contributed by atoms with Crippen molar-refractivity contribution in [3.63, 3.8) is 0 Å². The van der Waals surface area contributed by atoms with Gasteiger partial charge >= 0.3 is 0 Å². The maximum atomic E-state index is 13.1. The van der Waals surface area contributed by atoms with Crippen molar-refractivity contribution in [3.8, 4) is 5.75 Å². The number of anilines is 1. The molecule has 0 spiro atoms. The van der Waals surface area contributed by atoms with Crippen LogP contribution in [0.3, 0.4) is 0 Å². The van der Waals surface area contributed by atoms with Gasteiger partial charge in [-0.25, -0.2) is 0 Å². The van der Waals surface area contributed by atoms with Crippen molar-refractivity contribution < 1.29 is 19.1 Å². The summed E-state index contributed by atoms with van der Waals surface area (Å²) in [5.74, 6) is 0.120. The van der Waals surface area contributed by atoms with Crippen molar-refractivity contribution in [1.29, 1.82) is 0 Å². The molecule has 1 saturated heterocycles. The van der Waals surface area contributed by atoms with Gasteiger partial charge in [-0.1, -0.05) is 30.3 Å². The van der Waals surface area contributed by atoms with Gasteiger partial charge in [0, 0.05) is 31.6 Å². The Kier molecular flexibility index (Phi) is 6.73. The lowest BCUT2D eigenvalue weighted by Gasteiger charge is -2.37. The van der Waals surface area contributed by atoms with Gasteiger partial charge in [-0.15, -0.1) is 0 Å². The van der Waals surface area contributed by atoms with Crippen LogP contribution in [0, 0.1) is 6.92 Å². The van der Waals surface area contributed by atoms with Crippen LogP contribution < -0.4 is 15.0 Å². The lowest BCUT2D eigenvalue weighted by molar-refractivity contribution is -0.139. The third-order valence-electron chi connectivity index (χ3n) is 6.03. The molecule has 2 aromatic carbocycles. The molecule has 1 N–H and O–H groups in total. The van der Waals surface area contributed by atoms with Crippen LogP contribution in [0.15, 0.2) is 48.5 Å². The van der Waals surface area contributed by atoms with E-state index >= 15 is 0 Å². The fourth-order valence-corrected chi connectivity index (χ4v) is 4.26. The molecule has 1 fully saturated rings. The zero-order valence-electron chi connectivity index (χ0n) is 18.4. The molecular weight excluding hydrogens is 406 g/mol. The zero-order chi connectivity index (χ0) is 22.5. The molecule has 1 unspecified atom stereocenters. The molecule has 4 rings (SSSR count). The van der Waals surface area contributed by atoms with E-state index in [-0.39, 0.29) is 37.2 Å². The molecular formula is C25H29N3O4. The largest absolute Gasteiger partial charge is 0.476 e. The van der Waals surface area contributed by atoms with E-state index in [1.807, 2.05) is 48.2 Å². The summed E-state index contributed by atoms with van der Waals surface area (Å²) in [7, 11) is 0. The number of ether oxygens (including phenoxy) is 1. The first-order valence-corrected chi connectivity index (χ1v) is 11.2. The Morgan fingerprint density at radius 2 is 1.72 bits per heavy atom. The molecule has 0 aliphatic carbocycles. The number of hydrogen-bond acceptors (Lipinski definition) is 4. The van der Waals surface area contributed by atoms with Gasteiger partial charge in [0.1, 0.15) is 5.75 Å². The zero-order valence-corrected chi connectivity index (χ0v) is 18.4. The highest BCUT2D eigenvalue weighted by molar-refractivity contribution is 5.98. The number of fused-ring (bicyclic) bond motifs is 1. The van der Waals surface area contributed by atoms with E-state index in [2.05, 4.69) is 5.32 Å². The van der Waals surface area contributed by atoms with Crippen LogP contribution in [0.1, 0.15) is 41.6 Å². The van der Waals surface area contributed by atoms with Crippen molar-refractivity contribution in [2.75, 3.05) is 31.1 Å². The minimum atomic E-state index is -0.714. The second-order valence-corrected chi connectivity index (χ2v) is 8.29. The highest BCUT2D eigenvalue weighted by Crippen LogP contribution is 2.34. The fourth-order valence-electron chi connectivity index (χ4n) is 4.26. The highest BCUT2D eigenvalue weighted by Gasteiger charge is 2.36. The number of rotatable bonds is 5. The van der Waals surface area contributed by atoms with Crippen LogP contribution in [-0.4, -0.2) is 54.9 Å². The van der Waals surface area contributed by atoms with E-state index in [4.69, 9.17) is 4.74 Å². The summed E-state index contributed by atoms with van der Waals surface area (Å²) >= 11 is 0. The predicted octanol–water partition coefficient (Wildman–Crippen LogP) is 2.92. The lowest BCUT2D eigenvalue weighted by atomic mass is 10.1. The van der Waals surface area contributed by atoms with Gasteiger partial charge in [0.05, 0.1) is 12.2 Å². The van der Waals surface area contributed by atoms with Gasteiger partial charge in [-0.05, 0) is 49.9 Å². The Morgan fingerprint density at radius 1 is 1.00 bits per heavy atom.